The van der Waals surface area contributed by atoms with Crippen molar-refractivity contribution in [2.24, 2.45) is 5.41 Å². The fourth-order valence-electron chi connectivity index (χ4n) is 2.82. The maximum absolute atomic E-state index is 10.5. The monoisotopic (exact) mass is 252 g/mol. The van der Waals surface area contributed by atoms with Crippen molar-refractivity contribution in [3.05, 3.63) is 33.8 Å². The number of benzene rings is 1. The Kier molecular flexibility index (Phi) is 1.54. The zero-order chi connectivity index (χ0) is 9.97. The third kappa shape index (κ3) is 0.934. The number of hydrogen-bond acceptors (Lipinski definition) is 1. The molecule has 1 unspecified atom stereocenters. The summed E-state index contributed by atoms with van der Waals surface area (Å²) in [7, 11) is 0. The molecular formula is C12H13BrO. The maximum Gasteiger partial charge on any atom is 0.0930 e. The fraction of sp³-hybridized carbons (Fsp3) is 0.500. The standard InChI is InChI=1S/C12H13BrO/c1-11(14)10-3-2-9(13)6-8(10)7-12(11)4-5-12/h2-3,6,14H,4-5,7H2,1H3. The van der Waals surface area contributed by atoms with E-state index in [2.05, 4.69) is 28.1 Å². The predicted octanol–water partition coefficient (Wildman–Crippen LogP) is 2.99. The number of rotatable bonds is 0. The Labute approximate surface area is 92.3 Å². The lowest BCUT2D eigenvalue weighted by Crippen LogP contribution is -2.28. The van der Waals surface area contributed by atoms with Gasteiger partial charge in [0.15, 0.2) is 0 Å². The van der Waals surface area contributed by atoms with Crippen molar-refractivity contribution in [3.63, 3.8) is 0 Å². The first kappa shape index (κ1) is 8.93. The number of fused-ring (bicyclic) bond motifs is 1. The number of aliphatic hydroxyl groups is 1. The van der Waals surface area contributed by atoms with E-state index in [1.807, 2.05) is 13.0 Å². The van der Waals surface area contributed by atoms with E-state index in [-0.39, 0.29) is 5.41 Å². The Bertz CT molecular complexity index is 405. The fourth-order valence-corrected chi connectivity index (χ4v) is 3.23. The van der Waals surface area contributed by atoms with Gasteiger partial charge in [0, 0.05) is 9.89 Å². The first-order valence-corrected chi connectivity index (χ1v) is 5.86. The maximum atomic E-state index is 10.5. The largest absolute Gasteiger partial charge is 0.385 e. The molecule has 0 aliphatic heterocycles. The third-order valence-corrected chi connectivity index (χ3v) is 4.50. The van der Waals surface area contributed by atoms with Gasteiger partial charge in [-0.25, -0.2) is 0 Å². The minimum atomic E-state index is -0.594. The second kappa shape index (κ2) is 2.42. The molecule has 14 heavy (non-hydrogen) atoms. The lowest BCUT2D eigenvalue weighted by atomic mass is 9.86. The molecule has 1 spiro atoms. The molecule has 1 atom stereocenters. The quantitative estimate of drug-likeness (QED) is 0.753. The second-order valence-corrected chi connectivity index (χ2v) is 5.75. The van der Waals surface area contributed by atoms with Gasteiger partial charge in [-0.05, 0) is 49.4 Å². The molecule has 2 aliphatic rings. The van der Waals surface area contributed by atoms with Gasteiger partial charge in [-0.1, -0.05) is 22.0 Å². The van der Waals surface area contributed by atoms with Crippen molar-refractivity contribution in [1.82, 2.24) is 0 Å². The van der Waals surface area contributed by atoms with E-state index in [1.165, 1.54) is 18.4 Å². The summed E-state index contributed by atoms with van der Waals surface area (Å²) in [6.07, 6.45) is 3.40. The highest BCUT2D eigenvalue weighted by Crippen LogP contribution is 2.64. The molecule has 1 fully saturated rings. The van der Waals surface area contributed by atoms with Crippen LogP contribution in [-0.2, 0) is 12.0 Å². The first-order valence-electron chi connectivity index (χ1n) is 5.06. The summed E-state index contributed by atoms with van der Waals surface area (Å²) in [6.45, 7) is 1.97. The molecular weight excluding hydrogens is 240 g/mol. The van der Waals surface area contributed by atoms with E-state index in [4.69, 9.17) is 0 Å². The summed E-state index contributed by atoms with van der Waals surface area (Å²) >= 11 is 3.48. The zero-order valence-electron chi connectivity index (χ0n) is 8.18. The van der Waals surface area contributed by atoms with Crippen LogP contribution >= 0.6 is 15.9 Å². The van der Waals surface area contributed by atoms with Crippen LogP contribution in [0.3, 0.4) is 0 Å². The van der Waals surface area contributed by atoms with Gasteiger partial charge in [0.1, 0.15) is 0 Å². The Morgan fingerprint density at radius 2 is 2.07 bits per heavy atom. The average molecular weight is 253 g/mol. The smallest absolute Gasteiger partial charge is 0.0930 e. The van der Waals surface area contributed by atoms with E-state index in [1.54, 1.807) is 0 Å². The van der Waals surface area contributed by atoms with Crippen LogP contribution in [0, 0.1) is 5.41 Å². The van der Waals surface area contributed by atoms with E-state index in [0.29, 0.717) is 0 Å². The number of hydrogen-bond donors (Lipinski definition) is 1. The number of halogens is 1. The molecule has 1 nitrogen and oxygen atoms in total. The van der Waals surface area contributed by atoms with E-state index >= 15 is 0 Å². The molecule has 3 rings (SSSR count). The van der Waals surface area contributed by atoms with Crippen molar-refractivity contribution in [1.29, 1.82) is 0 Å². The lowest BCUT2D eigenvalue weighted by Gasteiger charge is -2.26. The minimum Gasteiger partial charge on any atom is -0.385 e. The molecule has 0 amide bonds. The molecule has 74 valence electrons. The normalized spacial score (nSPS) is 31.9. The van der Waals surface area contributed by atoms with Crippen molar-refractivity contribution in [3.8, 4) is 0 Å². The van der Waals surface area contributed by atoms with Crippen molar-refractivity contribution >= 4 is 15.9 Å². The molecule has 0 bridgehead atoms. The average Bonchev–Trinajstić information content (AvgIpc) is 2.81. The molecule has 1 aromatic carbocycles. The molecule has 0 saturated heterocycles. The Balaban J connectivity index is 2.19. The highest BCUT2D eigenvalue weighted by atomic mass is 79.9. The van der Waals surface area contributed by atoms with Crippen molar-refractivity contribution in [2.75, 3.05) is 0 Å². The minimum absolute atomic E-state index is 0.177. The summed E-state index contributed by atoms with van der Waals surface area (Å²) in [5.41, 5.74) is 2.04. The van der Waals surface area contributed by atoms with Gasteiger partial charge in [0.2, 0.25) is 0 Å². The van der Waals surface area contributed by atoms with Crippen LogP contribution in [0.1, 0.15) is 30.9 Å². The van der Waals surface area contributed by atoms with Crippen LogP contribution in [0.15, 0.2) is 22.7 Å². The molecule has 0 aromatic heterocycles. The Morgan fingerprint density at radius 3 is 2.71 bits per heavy atom. The molecule has 2 aliphatic carbocycles. The highest BCUT2D eigenvalue weighted by Gasteiger charge is 2.61. The Morgan fingerprint density at radius 1 is 1.36 bits per heavy atom. The zero-order valence-corrected chi connectivity index (χ0v) is 9.76. The van der Waals surface area contributed by atoms with Crippen LogP contribution in [0.2, 0.25) is 0 Å². The molecule has 0 radical (unpaired) electrons. The van der Waals surface area contributed by atoms with Gasteiger partial charge in [-0.15, -0.1) is 0 Å². The molecule has 1 saturated carbocycles. The summed E-state index contributed by atoms with van der Waals surface area (Å²) in [4.78, 5) is 0. The first-order chi connectivity index (χ1) is 6.55. The van der Waals surface area contributed by atoms with Crippen LogP contribution in [0.5, 0.6) is 0 Å². The van der Waals surface area contributed by atoms with Gasteiger partial charge < -0.3 is 5.11 Å². The van der Waals surface area contributed by atoms with E-state index in [9.17, 15) is 5.11 Å². The molecule has 1 aromatic rings. The lowest BCUT2D eigenvalue weighted by molar-refractivity contribution is -0.00671. The van der Waals surface area contributed by atoms with Gasteiger partial charge in [-0.3, -0.25) is 0 Å². The molecule has 0 heterocycles. The van der Waals surface area contributed by atoms with Crippen molar-refractivity contribution in [2.45, 2.75) is 31.8 Å². The van der Waals surface area contributed by atoms with E-state index in [0.717, 1.165) is 16.5 Å². The highest BCUT2D eigenvalue weighted by molar-refractivity contribution is 9.10. The van der Waals surface area contributed by atoms with Gasteiger partial charge in [0.05, 0.1) is 5.60 Å². The Hall–Kier alpha value is -0.340. The van der Waals surface area contributed by atoms with Gasteiger partial charge in [0.25, 0.3) is 0 Å². The van der Waals surface area contributed by atoms with Crippen LogP contribution in [0.4, 0.5) is 0 Å². The summed E-state index contributed by atoms with van der Waals surface area (Å²) < 4.78 is 1.12. The van der Waals surface area contributed by atoms with Crippen LogP contribution < -0.4 is 0 Å². The SMILES string of the molecule is CC1(O)c2ccc(Br)cc2CC12CC2. The van der Waals surface area contributed by atoms with Crippen LogP contribution in [-0.4, -0.2) is 5.11 Å². The van der Waals surface area contributed by atoms with Crippen molar-refractivity contribution < 1.29 is 5.11 Å². The molecule has 1 N–H and O–H groups in total. The van der Waals surface area contributed by atoms with Crippen LogP contribution in [0.25, 0.3) is 0 Å². The predicted molar refractivity (Wildman–Crippen MR) is 59.1 cm³/mol. The topological polar surface area (TPSA) is 20.2 Å². The summed E-state index contributed by atoms with van der Waals surface area (Å²) in [5.74, 6) is 0. The second-order valence-electron chi connectivity index (χ2n) is 4.83. The van der Waals surface area contributed by atoms with E-state index < -0.39 is 5.60 Å². The summed E-state index contributed by atoms with van der Waals surface area (Å²) in [6, 6.07) is 6.23. The summed E-state index contributed by atoms with van der Waals surface area (Å²) in [5, 5.41) is 10.5. The van der Waals surface area contributed by atoms with Gasteiger partial charge >= 0.3 is 0 Å². The van der Waals surface area contributed by atoms with Gasteiger partial charge in [-0.2, -0.15) is 0 Å². The third-order valence-electron chi connectivity index (χ3n) is 4.01. The molecule has 2 heteroatoms.